The van der Waals surface area contributed by atoms with Crippen LogP contribution in [0.1, 0.15) is 33.6 Å². The minimum absolute atomic E-state index is 0.0314. The molecule has 1 aromatic carbocycles. The van der Waals surface area contributed by atoms with Crippen molar-refractivity contribution < 1.29 is 9.59 Å². The van der Waals surface area contributed by atoms with Crippen molar-refractivity contribution in [2.24, 2.45) is 0 Å². The van der Waals surface area contributed by atoms with Gasteiger partial charge in [-0.2, -0.15) is 0 Å². The maximum Gasteiger partial charge on any atom is 0.261 e. The van der Waals surface area contributed by atoms with Crippen LogP contribution in [0.15, 0.2) is 12.1 Å². The van der Waals surface area contributed by atoms with E-state index in [1.54, 1.807) is 0 Å². The number of anilines is 2. The molecular formula is C13H16N4O2. The standard InChI is InChI=1S/C13H16N4O2/c14-10-5-8-9(6-11(10)15)13(19)17(12(8)18)7-1-3-16-4-2-7/h5-7,16H,1-4,14-15H2. The van der Waals surface area contributed by atoms with E-state index >= 15 is 0 Å². The fourth-order valence-corrected chi connectivity index (χ4v) is 2.74. The van der Waals surface area contributed by atoms with Gasteiger partial charge < -0.3 is 16.8 Å². The minimum atomic E-state index is -0.251. The van der Waals surface area contributed by atoms with E-state index in [2.05, 4.69) is 5.32 Å². The number of benzene rings is 1. The van der Waals surface area contributed by atoms with Gasteiger partial charge in [0, 0.05) is 6.04 Å². The third kappa shape index (κ3) is 1.76. The number of piperidine rings is 1. The molecule has 0 atom stereocenters. The van der Waals surface area contributed by atoms with Gasteiger partial charge >= 0.3 is 0 Å². The minimum Gasteiger partial charge on any atom is -0.397 e. The van der Waals surface area contributed by atoms with Crippen molar-refractivity contribution in [3.8, 4) is 0 Å². The molecule has 100 valence electrons. The van der Waals surface area contributed by atoms with Crippen molar-refractivity contribution in [1.82, 2.24) is 10.2 Å². The third-order valence-corrected chi connectivity index (χ3v) is 3.80. The van der Waals surface area contributed by atoms with Gasteiger partial charge in [0.2, 0.25) is 0 Å². The van der Waals surface area contributed by atoms with Gasteiger partial charge in [0.1, 0.15) is 0 Å². The van der Waals surface area contributed by atoms with Gasteiger partial charge in [-0.25, -0.2) is 0 Å². The highest BCUT2D eigenvalue weighted by Crippen LogP contribution is 2.31. The van der Waals surface area contributed by atoms with Gasteiger partial charge in [0.05, 0.1) is 22.5 Å². The SMILES string of the molecule is Nc1cc2c(cc1N)C(=O)N(C1CCNCC1)C2=O. The Labute approximate surface area is 110 Å². The number of amides is 2. The molecule has 1 fully saturated rings. The highest BCUT2D eigenvalue weighted by Gasteiger charge is 2.40. The summed E-state index contributed by atoms with van der Waals surface area (Å²) >= 11 is 0. The molecule has 0 radical (unpaired) electrons. The first-order valence-electron chi connectivity index (χ1n) is 6.37. The summed E-state index contributed by atoms with van der Waals surface area (Å²) in [5, 5.41) is 3.22. The topological polar surface area (TPSA) is 101 Å². The highest BCUT2D eigenvalue weighted by atomic mass is 16.2. The quantitative estimate of drug-likeness (QED) is 0.494. The molecule has 3 rings (SSSR count). The van der Waals surface area contributed by atoms with Crippen molar-refractivity contribution in [2.45, 2.75) is 18.9 Å². The maximum atomic E-state index is 12.4. The molecule has 1 saturated heterocycles. The number of carbonyl (C=O) groups is 2. The molecule has 2 aliphatic heterocycles. The predicted octanol–water partition coefficient (Wildman–Crippen LogP) is 0.199. The summed E-state index contributed by atoms with van der Waals surface area (Å²) in [6, 6.07) is 2.98. The molecule has 0 aromatic heterocycles. The first-order chi connectivity index (χ1) is 9.09. The second-order valence-electron chi connectivity index (χ2n) is 4.99. The Bertz CT molecular complexity index is 523. The van der Waals surface area contributed by atoms with Gasteiger partial charge in [0.25, 0.3) is 11.8 Å². The van der Waals surface area contributed by atoms with Gasteiger partial charge in [0.15, 0.2) is 0 Å². The summed E-state index contributed by atoms with van der Waals surface area (Å²) in [6.07, 6.45) is 1.58. The molecule has 0 spiro atoms. The zero-order valence-electron chi connectivity index (χ0n) is 10.5. The largest absolute Gasteiger partial charge is 0.397 e. The Hall–Kier alpha value is -2.08. The van der Waals surface area contributed by atoms with Crippen LogP contribution in [0.25, 0.3) is 0 Å². The Morgan fingerprint density at radius 2 is 1.47 bits per heavy atom. The Kier molecular flexibility index (Phi) is 2.67. The molecule has 2 aliphatic rings. The van der Waals surface area contributed by atoms with Gasteiger partial charge in [-0.3, -0.25) is 14.5 Å². The van der Waals surface area contributed by atoms with Gasteiger partial charge in [-0.05, 0) is 38.1 Å². The number of nitrogens with zero attached hydrogens (tertiary/aromatic N) is 1. The van der Waals surface area contributed by atoms with Crippen molar-refractivity contribution in [3.05, 3.63) is 23.3 Å². The summed E-state index contributed by atoms with van der Waals surface area (Å²) in [5.74, 6) is -0.503. The van der Waals surface area contributed by atoms with Crippen LogP contribution in [0.2, 0.25) is 0 Å². The number of rotatable bonds is 1. The molecule has 2 amide bonds. The number of nitrogens with two attached hydrogens (primary N) is 2. The second-order valence-corrected chi connectivity index (χ2v) is 4.99. The lowest BCUT2D eigenvalue weighted by molar-refractivity contribution is 0.0556. The number of carbonyl (C=O) groups excluding carboxylic acids is 2. The molecule has 2 heterocycles. The first kappa shape index (κ1) is 12.0. The van der Waals surface area contributed by atoms with Gasteiger partial charge in [-0.15, -0.1) is 0 Å². The average molecular weight is 260 g/mol. The molecule has 0 unspecified atom stereocenters. The Morgan fingerprint density at radius 1 is 1.00 bits per heavy atom. The van der Waals surface area contributed by atoms with Crippen LogP contribution in [0.3, 0.4) is 0 Å². The molecular weight excluding hydrogens is 244 g/mol. The van der Waals surface area contributed by atoms with Crippen LogP contribution in [0.4, 0.5) is 11.4 Å². The second kappa shape index (κ2) is 4.24. The average Bonchev–Trinajstić information content (AvgIpc) is 2.64. The van der Waals surface area contributed by atoms with E-state index in [0.29, 0.717) is 22.5 Å². The summed E-state index contributed by atoms with van der Waals surface area (Å²) in [6.45, 7) is 1.64. The van der Waals surface area contributed by atoms with E-state index in [9.17, 15) is 9.59 Å². The molecule has 0 saturated carbocycles. The van der Waals surface area contributed by atoms with Crippen LogP contribution in [-0.4, -0.2) is 35.8 Å². The fourth-order valence-electron chi connectivity index (χ4n) is 2.74. The number of fused-ring (bicyclic) bond motifs is 1. The number of hydrogen-bond acceptors (Lipinski definition) is 5. The van der Waals surface area contributed by atoms with Crippen molar-refractivity contribution in [3.63, 3.8) is 0 Å². The van der Waals surface area contributed by atoms with Crippen LogP contribution >= 0.6 is 0 Å². The van der Waals surface area contributed by atoms with Crippen LogP contribution in [-0.2, 0) is 0 Å². The highest BCUT2D eigenvalue weighted by molar-refractivity contribution is 6.22. The summed E-state index contributed by atoms with van der Waals surface area (Å²) in [5.41, 5.74) is 12.8. The lowest BCUT2D eigenvalue weighted by Crippen LogP contribution is -2.45. The Morgan fingerprint density at radius 3 is 1.95 bits per heavy atom. The van der Waals surface area contributed by atoms with Gasteiger partial charge in [-0.1, -0.05) is 0 Å². The lowest BCUT2D eigenvalue weighted by Gasteiger charge is -2.29. The zero-order valence-corrected chi connectivity index (χ0v) is 10.5. The molecule has 6 heteroatoms. The summed E-state index contributed by atoms with van der Waals surface area (Å²) in [4.78, 5) is 26.1. The normalized spacial score (nSPS) is 19.9. The summed E-state index contributed by atoms with van der Waals surface area (Å²) < 4.78 is 0. The number of hydrogen-bond donors (Lipinski definition) is 3. The lowest BCUT2D eigenvalue weighted by atomic mass is 10.1. The number of nitrogens with one attached hydrogen (secondary N) is 1. The summed E-state index contributed by atoms with van der Waals surface area (Å²) in [7, 11) is 0. The zero-order chi connectivity index (χ0) is 13.6. The smallest absolute Gasteiger partial charge is 0.261 e. The van der Waals surface area contributed by atoms with Crippen LogP contribution < -0.4 is 16.8 Å². The van der Waals surface area contributed by atoms with Crippen LogP contribution in [0, 0.1) is 0 Å². The molecule has 0 aliphatic carbocycles. The molecule has 5 N–H and O–H groups in total. The van der Waals surface area contributed by atoms with E-state index in [0.717, 1.165) is 25.9 Å². The predicted molar refractivity (Wildman–Crippen MR) is 71.7 cm³/mol. The van der Waals surface area contributed by atoms with Crippen molar-refractivity contribution >= 4 is 23.2 Å². The number of nitrogen functional groups attached to an aromatic ring is 2. The Balaban J connectivity index is 1.99. The monoisotopic (exact) mass is 260 g/mol. The third-order valence-electron chi connectivity index (χ3n) is 3.80. The molecule has 19 heavy (non-hydrogen) atoms. The maximum absolute atomic E-state index is 12.4. The molecule has 1 aromatic rings. The van der Waals surface area contributed by atoms with Crippen molar-refractivity contribution in [2.75, 3.05) is 24.6 Å². The van der Waals surface area contributed by atoms with E-state index in [1.165, 1.54) is 17.0 Å². The van der Waals surface area contributed by atoms with E-state index < -0.39 is 0 Å². The van der Waals surface area contributed by atoms with E-state index in [-0.39, 0.29) is 17.9 Å². The fraction of sp³-hybridized carbons (Fsp3) is 0.385. The molecule has 6 nitrogen and oxygen atoms in total. The number of imide groups is 1. The first-order valence-corrected chi connectivity index (χ1v) is 6.37. The van der Waals surface area contributed by atoms with E-state index in [4.69, 9.17) is 11.5 Å². The van der Waals surface area contributed by atoms with Crippen molar-refractivity contribution in [1.29, 1.82) is 0 Å². The molecule has 0 bridgehead atoms. The van der Waals surface area contributed by atoms with Crippen LogP contribution in [0.5, 0.6) is 0 Å². The van der Waals surface area contributed by atoms with E-state index in [1.807, 2.05) is 0 Å².